The number of imidazole rings is 1. The third-order valence-electron chi connectivity index (χ3n) is 6.41. The van der Waals surface area contributed by atoms with E-state index in [1.54, 1.807) is 14.2 Å². The Hall–Kier alpha value is -3.49. The lowest BCUT2D eigenvalue weighted by molar-refractivity contribution is -0.125. The van der Waals surface area contributed by atoms with E-state index in [0.717, 1.165) is 41.4 Å². The van der Waals surface area contributed by atoms with E-state index in [-0.39, 0.29) is 11.9 Å². The maximum absolute atomic E-state index is 13.4. The quantitative estimate of drug-likeness (QED) is 0.366. The average Bonchev–Trinajstić information content (AvgIpc) is 3.51. The average molecular weight is 503 g/mol. The lowest BCUT2D eigenvalue weighted by Crippen LogP contribution is -2.42. The van der Waals surface area contributed by atoms with Crippen molar-refractivity contribution in [3.8, 4) is 11.5 Å². The summed E-state index contributed by atoms with van der Waals surface area (Å²) in [5.41, 5.74) is 2.84. The fourth-order valence-corrected chi connectivity index (χ4v) is 5.84. The Morgan fingerprint density at radius 3 is 2.67 bits per heavy atom. The minimum atomic E-state index is -0.219. The Balaban J connectivity index is 1.29. The van der Waals surface area contributed by atoms with Crippen molar-refractivity contribution in [1.29, 1.82) is 0 Å². The van der Waals surface area contributed by atoms with Crippen molar-refractivity contribution in [3.05, 3.63) is 90.4 Å². The SMILES string of the molecule is COc1ccc(S[C@@H]2C[C@@H](C(=O)NCc3cn4ccccc4n3)N(Cc3cccc(OC)c3)C2)cc1. The second-order valence-electron chi connectivity index (χ2n) is 8.86. The molecule has 2 aromatic carbocycles. The predicted octanol–water partition coefficient (Wildman–Crippen LogP) is 4.40. The van der Waals surface area contributed by atoms with E-state index in [4.69, 9.17) is 9.47 Å². The first kappa shape index (κ1) is 24.2. The van der Waals surface area contributed by atoms with Gasteiger partial charge in [0.25, 0.3) is 0 Å². The Bertz CT molecular complexity index is 1290. The van der Waals surface area contributed by atoms with Crippen LogP contribution in [0.2, 0.25) is 0 Å². The van der Waals surface area contributed by atoms with Gasteiger partial charge in [0.2, 0.25) is 5.91 Å². The van der Waals surface area contributed by atoms with Crippen LogP contribution in [0, 0.1) is 0 Å². The number of aromatic nitrogens is 2. The highest BCUT2D eigenvalue weighted by molar-refractivity contribution is 8.00. The lowest BCUT2D eigenvalue weighted by atomic mass is 10.1. The number of pyridine rings is 1. The van der Waals surface area contributed by atoms with Gasteiger partial charge in [-0.1, -0.05) is 18.2 Å². The Kier molecular flexibility index (Phi) is 7.44. The molecule has 0 spiro atoms. The molecular formula is C28H30N4O3S. The van der Waals surface area contributed by atoms with Crippen LogP contribution in [-0.2, 0) is 17.9 Å². The van der Waals surface area contributed by atoms with Gasteiger partial charge in [-0.3, -0.25) is 9.69 Å². The molecule has 5 rings (SSSR count). The summed E-state index contributed by atoms with van der Waals surface area (Å²) in [5.74, 6) is 1.70. The van der Waals surface area contributed by atoms with Crippen molar-refractivity contribution >= 4 is 23.3 Å². The van der Waals surface area contributed by atoms with Crippen LogP contribution in [0.15, 0.2) is 84.0 Å². The van der Waals surface area contributed by atoms with Crippen molar-refractivity contribution in [1.82, 2.24) is 19.6 Å². The van der Waals surface area contributed by atoms with Crippen molar-refractivity contribution in [2.45, 2.75) is 35.7 Å². The number of nitrogens with one attached hydrogen (secondary N) is 1. The van der Waals surface area contributed by atoms with Gasteiger partial charge in [0.05, 0.1) is 32.5 Å². The van der Waals surface area contributed by atoms with E-state index >= 15 is 0 Å². The van der Waals surface area contributed by atoms with Crippen LogP contribution in [0.25, 0.3) is 5.65 Å². The van der Waals surface area contributed by atoms with Gasteiger partial charge in [0, 0.05) is 35.6 Å². The molecule has 1 aliphatic heterocycles. The lowest BCUT2D eigenvalue weighted by Gasteiger charge is -2.23. The Morgan fingerprint density at radius 2 is 1.89 bits per heavy atom. The molecule has 36 heavy (non-hydrogen) atoms. The summed E-state index contributed by atoms with van der Waals surface area (Å²) in [4.78, 5) is 21.5. The monoisotopic (exact) mass is 502 g/mol. The number of fused-ring (bicyclic) bond motifs is 1. The number of methoxy groups -OCH3 is 2. The fourth-order valence-electron chi connectivity index (χ4n) is 4.61. The first-order valence-corrected chi connectivity index (χ1v) is 12.9. The summed E-state index contributed by atoms with van der Waals surface area (Å²) < 4.78 is 12.7. The second-order valence-corrected chi connectivity index (χ2v) is 10.2. The standard InChI is InChI=1S/C28H30N4O3S/c1-34-22-9-11-24(12-10-22)36-25-15-26(32(19-25)17-20-6-5-7-23(14-20)35-2)28(33)29-16-21-18-31-13-4-3-8-27(31)30-21/h3-14,18,25-26H,15-17,19H2,1-2H3,(H,29,33)/t25-,26+/m1/s1. The Labute approximate surface area is 215 Å². The molecule has 1 aliphatic rings. The van der Waals surface area contributed by atoms with Gasteiger partial charge in [-0.05, 0) is 60.5 Å². The van der Waals surface area contributed by atoms with E-state index in [1.165, 1.54) is 4.90 Å². The second kappa shape index (κ2) is 11.1. The molecule has 0 saturated carbocycles. The van der Waals surface area contributed by atoms with Gasteiger partial charge in [-0.2, -0.15) is 0 Å². The molecule has 0 unspecified atom stereocenters. The maximum atomic E-state index is 13.4. The van der Waals surface area contributed by atoms with Gasteiger partial charge in [0.15, 0.2) is 0 Å². The summed E-state index contributed by atoms with van der Waals surface area (Å²) in [6, 6.07) is 21.8. The van der Waals surface area contributed by atoms with Crippen molar-refractivity contribution < 1.29 is 14.3 Å². The number of rotatable bonds is 9. The number of amides is 1. The molecule has 0 bridgehead atoms. The summed E-state index contributed by atoms with van der Waals surface area (Å²) in [6.45, 7) is 1.91. The number of carbonyl (C=O) groups is 1. The zero-order valence-corrected chi connectivity index (χ0v) is 21.3. The molecular weight excluding hydrogens is 472 g/mol. The minimum Gasteiger partial charge on any atom is -0.497 e. The van der Waals surface area contributed by atoms with Gasteiger partial charge in [-0.15, -0.1) is 11.8 Å². The van der Waals surface area contributed by atoms with Crippen molar-refractivity contribution in [3.63, 3.8) is 0 Å². The molecule has 186 valence electrons. The highest BCUT2D eigenvalue weighted by atomic mass is 32.2. The molecule has 2 atom stereocenters. The molecule has 0 radical (unpaired) electrons. The van der Waals surface area contributed by atoms with Crippen molar-refractivity contribution in [2.75, 3.05) is 20.8 Å². The smallest absolute Gasteiger partial charge is 0.237 e. The first-order valence-electron chi connectivity index (χ1n) is 12.0. The normalized spacial score (nSPS) is 17.8. The molecule has 4 aromatic rings. The number of thioether (sulfide) groups is 1. The number of hydrogen-bond donors (Lipinski definition) is 1. The molecule has 1 amide bonds. The van der Waals surface area contributed by atoms with Crippen LogP contribution < -0.4 is 14.8 Å². The van der Waals surface area contributed by atoms with E-state index in [9.17, 15) is 4.79 Å². The van der Waals surface area contributed by atoms with Gasteiger partial charge >= 0.3 is 0 Å². The van der Waals surface area contributed by atoms with E-state index < -0.39 is 0 Å². The molecule has 7 nitrogen and oxygen atoms in total. The zero-order chi connectivity index (χ0) is 24.9. The van der Waals surface area contributed by atoms with Gasteiger partial charge < -0.3 is 19.2 Å². The predicted molar refractivity (Wildman–Crippen MR) is 141 cm³/mol. The highest BCUT2D eigenvalue weighted by Gasteiger charge is 2.37. The maximum Gasteiger partial charge on any atom is 0.237 e. The van der Waals surface area contributed by atoms with Gasteiger partial charge in [-0.25, -0.2) is 4.98 Å². The zero-order valence-electron chi connectivity index (χ0n) is 20.5. The molecule has 1 N–H and O–H groups in total. The van der Waals surface area contributed by atoms with Gasteiger partial charge in [0.1, 0.15) is 17.1 Å². The summed E-state index contributed by atoms with van der Waals surface area (Å²) >= 11 is 1.81. The number of carbonyl (C=O) groups excluding carboxylic acids is 1. The van der Waals surface area contributed by atoms with Crippen LogP contribution in [0.3, 0.4) is 0 Å². The third kappa shape index (κ3) is 5.66. The summed E-state index contributed by atoms with van der Waals surface area (Å²) in [7, 11) is 3.34. The number of likely N-dealkylation sites (tertiary alicyclic amines) is 1. The molecule has 3 heterocycles. The largest absolute Gasteiger partial charge is 0.497 e. The fraction of sp³-hybridized carbons (Fsp3) is 0.286. The van der Waals surface area contributed by atoms with Crippen molar-refractivity contribution in [2.24, 2.45) is 0 Å². The molecule has 1 saturated heterocycles. The van der Waals surface area contributed by atoms with E-state index in [2.05, 4.69) is 33.4 Å². The number of hydrogen-bond acceptors (Lipinski definition) is 6. The number of ether oxygens (including phenoxy) is 2. The molecule has 0 aliphatic carbocycles. The molecule has 1 fully saturated rings. The minimum absolute atomic E-state index is 0.0350. The Morgan fingerprint density at radius 1 is 1.06 bits per heavy atom. The molecule has 8 heteroatoms. The van der Waals surface area contributed by atoms with Crippen LogP contribution in [0.5, 0.6) is 11.5 Å². The number of nitrogens with zero attached hydrogens (tertiary/aromatic N) is 3. The third-order valence-corrected chi connectivity index (χ3v) is 7.63. The van der Waals surface area contributed by atoms with E-state index in [0.29, 0.717) is 18.3 Å². The summed E-state index contributed by atoms with van der Waals surface area (Å²) in [5, 5.41) is 3.43. The van der Waals surface area contributed by atoms with E-state index in [1.807, 2.05) is 77.1 Å². The highest BCUT2D eigenvalue weighted by Crippen LogP contribution is 2.34. The first-order chi connectivity index (χ1) is 17.6. The van der Waals surface area contributed by atoms with Crippen LogP contribution >= 0.6 is 11.8 Å². The topological polar surface area (TPSA) is 68.1 Å². The van der Waals surface area contributed by atoms with Crippen LogP contribution in [0.4, 0.5) is 0 Å². The van der Waals surface area contributed by atoms with Crippen LogP contribution in [0.1, 0.15) is 17.7 Å². The van der Waals surface area contributed by atoms with Crippen LogP contribution in [-0.4, -0.2) is 52.2 Å². The number of benzene rings is 2. The molecule has 2 aromatic heterocycles. The summed E-state index contributed by atoms with van der Waals surface area (Å²) in [6.07, 6.45) is 4.69.